The van der Waals surface area contributed by atoms with Crippen LogP contribution in [-0.2, 0) is 13.2 Å². The van der Waals surface area contributed by atoms with Crippen molar-refractivity contribution in [1.82, 2.24) is 0 Å². The maximum atomic E-state index is 12.9. The number of halogens is 1. The molecule has 0 spiro atoms. The van der Waals surface area contributed by atoms with Crippen LogP contribution in [0.3, 0.4) is 0 Å². The van der Waals surface area contributed by atoms with Gasteiger partial charge in [0, 0.05) is 10.6 Å². The first-order valence-corrected chi connectivity index (χ1v) is 9.05. The first-order chi connectivity index (χ1) is 13.5. The van der Waals surface area contributed by atoms with Crippen LogP contribution in [0, 0.1) is 0 Å². The second-order valence-electron chi connectivity index (χ2n) is 6.42. The number of benzene rings is 3. The van der Waals surface area contributed by atoms with Crippen molar-refractivity contribution < 1.29 is 19.4 Å². The first kappa shape index (κ1) is 18.1. The average Bonchev–Trinajstić information content (AvgIpc) is 3.04. The Labute approximate surface area is 166 Å². The van der Waals surface area contributed by atoms with Crippen LogP contribution in [0.4, 0.5) is 5.69 Å². The number of anilines is 1. The Morgan fingerprint density at radius 2 is 1.79 bits per heavy atom. The van der Waals surface area contributed by atoms with E-state index < -0.39 is 5.97 Å². The zero-order valence-electron chi connectivity index (χ0n) is 14.8. The van der Waals surface area contributed by atoms with Gasteiger partial charge >= 0.3 is 5.97 Å². The Bertz CT molecular complexity index is 1060. The number of ether oxygens (including phenoxy) is 1. The molecule has 1 N–H and O–H groups in total. The molecule has 1 aliphatic rings. The molecule has 1 aliphatic heterocycles. The van der Waals surface area contributed by atoms with E-state index in [1.807, 2.05) is 24.3 Å². The number of nitrogens with zero attached hydrogens (tertiary/aromatic N) is 1. The van der Waals surface area contributed by atoms with Crippen molar-refractivity contribution in [2.45, 2.75) is 13.2 Å². The minimum absolute atomic E-state index is 0.0229. The molecule has 0 bridgehead atoms. The lowest BCUT2D eigenvalue weighted by Gasteiger charge is -2.22. The minimum Gasteiger partial charge on any atom is -0.487 e. The van der Waals surface area contributed by atoms with Crippen molar-refractivity contribution >= 4 is 29.2 Å². The molecule has 140 valence electrons. The molecule has 0 fully saturated rings. The van der Waals surface area contributed by atoms with Gasteiger partial charge < -0.3 is 9.84 Å². The summed E-state index contributed by atoms with van der Waals surface area (Å²) in [5.41, 5.74) is 2.61. The summed E-state index contributed by atoms with van der Waals surface area (Å²) in [6.45, 7) is 0.527. The van der Waals surface area contributed by atoms with E-state index in [2.05, 4.69) is 0 Å². The summed E-state index contributed by atoms with van der Waals surface area (Å²) in [6.07, 6.45) is 0. The zero-order chi connectivity index (χ0) is 19.7. The molecule has 0 aliphatic carbocycles. The summed E-state index contributed by atoms with van der Waals surface area (Å²) >= 11 is 5.91. The molecule has 0 aromatic heterocycles. The first-order valence-electron chi connectivity index (χ1n) is 8.68. The lowest BCUT2D eigenvalue weighted by Crippen LogP contribution is -2.26. The van der Waals surface area contributed by atoms with Crippen molar-refractivity contribution in [1.29, 1.82) is 0 Å². The number of carbonyl (C=O) groups excluding carboxylic acids is 1. The highest BCUT2D eigenvalue weighted by molar-refractivity contribution is 6.30. The predicted octanol–water partition coefficient (Wildman–Crippen LogP) is 4.78. The Kier molecular flexibility index (Phi) is 4.75. The number of aromatic carboxylic acids is 1. The SMILES string of the molecule is O=C(O)c1cccc(OCc2ccc(Cl)cc2)c1N1Cc2ccccc2C1=O. The molecular weight excluding hydrogens is 378 g/mol. The van der Waals surface area contributed by atoms with Crippen LogP contribution >= 0.6 is 11.6 Å². The maximum Gasteiger partial charge on any atom is 0.337 e. The molecule has 3 aromatic carbocycles. The van der Waals surface area contributed by atoms with Gasteiger partial charge in [0.15, 0.2) is 0 Å². The van der Waals surface area contributed by atoms with Gasteiger partial charge in [-0.3, -0.25) is 9.69 Å². The van der Waals surface area contributed by atoms with Crippen molar-refractivity contribution in [3.8, 4) is 5.75 Å². The molecule has 0 unspecified atom stereocenters. The predicted molar refractivity (Wildman–Crippen MR) is 106 cm³/mol. The molecule has 6 heteroatoms. The number of fused-ring (bicyclic) bond motifs is 1. The molecule has 1 heterocycles. The third-order valence-electron chi connectivity index (χ3n) is 4.63. The topological polar surface area (TPSA) is 66.8 Å². The summed E-state index contributed by atoms with van der Waals surface area (Å²) < 4.78 is 5.91. The number of carbonyl (C=O) groups is 2. The fourth-order valence-corrected chi connectivity index (χ4v) is 3.39. The third kappa shape index (κ3) is 3.32. The van der Waals surface area contributed by atoms with Gasteiger partial charge in [0.1, 0.15) is 18.0 Å². The van der Waals surface area contributed by atoms with Gasteiger partial charge in [-0.15, -0.1) is 0 Å². The van der Waals surface area contributed by atoms with Gasteiger partial charge in [0.05, 0.1) is 12.1 Å². The molecular formula is C22H16ClNO4. The normalized spacial score (nSPS) is 12.8. The van der Waals surface area contributed by atoms with E-state index in [0.717, 1.165) is 11.1 Å². The fourth-order valence-electron chi connectivity index (χ4n) is 3.27. The standard InChI is InChI=1S/C22H16ClNO4/c23-16-10-8-14(9-11-16)13-28-19-7-3-6-18(22(26)27)20(19)24-12-15-4-1-2-5-17(15)21(24)25/h1-11H,12-13H2,(H,26,27). The highest BCUT2D eigenvalue weighted by Gasteiger charge is 2.33. The van der Waals surface area contributed by atoms with Crippen LogP contribution < -0.4 is 9.64 Å². The summed E-state index contributed by atoms with van der Waals surface area (Å²) in [4.78, 5) is 26.2. The van der Waals surface area contributed by atoms with Crippen LogP contribution in [-0.4, -0.2) is 17.0 Å². The van der Waals surface area contributed by atoms with Crippen LogP contribution in [0.25, 0.3) is 0 Å². The van der Waals surface area contributed by atoms with E-state index in [4.69, 9.17) is 16.3 Å². The second-order valence-corrected chi connectivity index (χ2v) is 6.86. The maximum absolute atomic E-state index is 12.9. The molecule has 4 rings (SSSR count). The van der Waals surface area contributed by atoms with E-state index >= 15 is 0 Å². The lowest BCUT2D eigenvalue weighted by molar-refractivity contribution is 0.0697. The van der Waals surface area contributed by atoms with E-state index in [1.165, 1.54) is 11.0 Å². The quantitative estimate of drug-likeness (QED) is 0.677. The summed E-state index contributed by atoms with van der Waals surface area (Å²) in [5, 5.41) is 10.3. The highest BCUT2D eigenvalue weighted by atomic mass is 35.5. The molecule has 3 aromatic rings. The van der Waals surface area contributed by atoms with Crippen LogP contribution in [0.2, 0.25) is 5.02 Å². The van der Waals surface area contributed by atoms with Crippen molar-refractivity contribution in [2.75, 3.05) is 4.90 Å². The van der Waals surface area contributed by atoms with Crippen molar-refractivity contribution in [3.63, 3.8) is 0 Å². The Morgan fingerprint density at radius 3 is 2.50 bits per heavy atom. The lowest BCUT2D eigenvalue weighted by atomic mass is 10.1. The van der Waals surface area contributed by atoms with Crippen molar-refractivity contribution in [3.05, 3.63) is 94.0 Å². The van der Waals surface area contributed by atoms with Crippen LogP contribution in [0.15, 0.2) is 66.7 Å². The molecule has 0 saturated heterocycles. The van der Waals surface area contributed by atoms with Crippen LogP contribution in [0.1, 0.15) is 31.8 Å². The minimum atomic E-state index is -1.12. The number of hydrogen-bond acceptors (Lipinski definition) is 3. The molecule has 0 radical (unpaired) electrons. The van der Waals surface area contributed by atoms with Gasteiger partial charge in [-0.25, -0.2) is 4.79 Å². The van der Waals surface area contributed by atoms with Gasteiger partial charge in [0.25, 0.3) is 5.91 Å². The molecule has 28 heavy (non-hydrogen) atoms. The Morgan fingerprint density at radius 1 is 1.04 bits per heavy atom. The van der Waals surface area contributed by atoms with E-state index in [1.54, 1.807) is 36.4 Å². The average molecular weight is 394 g/mol. The smallest absolute Gasteiger partial charge is 0.337 e. The van der Waals surface area contributed by atoms with E-state index in [0.29, 0.717) is 22.9 Å². The number of carboxylic acids is 1. The number of amides is 1. The van der Waals surface area contributed by atoms with Crippen molar-refractivity contribution in [2.24, 2.45) is 0 Å². The van der Waals surface area contributed by atoms with Gasteiger partial charge in [-0.2, -0.15) is 0 Å². The van der Waals surface area contributed by atoms with Gasteiger partial charge in [-0.1, -0.05) is 48.0 Å². The number of rotatable bonds is 5. The molecule has 1 amide bonds. The van der Waals surface area contributed by atoms with E-state index in [-0.39, 0.29) is 23.8 Å². The number of carboxylic acid groups (broad SMARTS) is 1. The largest absolute Gasteiger partial charge is 0.487 e. The number of hydrogen-bond donors (Lipinski definition) is 1. The highest BCUT2D eigenvalue weighted by Crippen LogP contribution is 2.38. The molecule has 5 nitrogen and oxygen atoms in total. The van der Waals surface area contributed by atoms with Crippen LogP contribution in [0.5, 0.6) is 5.75 Å². The summed E-state index contributed by atoms with van der Waals surface area (Å²) in [6, 6.07) is 19.2. The third-order valence-corrected chi connectivity index (χ3v) is 4.88. The monoisotopic (exact) mass is 393 g/mol. The Hall–Kier alpha value is -3.31. The summed E-state index contributed by atoms with van der Waals surface area (Å²) in [7, 11) is 0. The van der Waals surface area contributed by atoms with Gasteiger partial charge in [-0.05, 0) is 41.5 Å². The Balaban J connectivity index is 1.70. The fraction of sp³-hybridized carbons (Fsp3) is 0.0909. The molecule has 0 saturated carbocycles. The van der Waals surface area contributed by atoms with Gasteiger partial charge in [0.2, 0.25) is 0 Å². The number of para-hydroxylation sites is 1. The molecule has 0 atom stereocenters. The van der Waals surface area contributed by atoms with E-state index in [9.17, 15) is 14.7 Å². The summed E-state index contributed by atoms with van der Waals surface area (Å²) in [5.74, 6) is -1.01. The second kappa shape index (κ2) is 7.37. The zero-order valence-corrected chi connectivity index (χ0v) is 15.5.